The molecule has 6 rings (SSSR count). The van der Waals surface area contributed by atoms with Crippen LogP contribution in [0, 0.1) is 17.6 Å². The molecule has 0 unspecified atom stereocenters. The molecule has 0 spiro atoms. The third-order valence-corrected chi connectivity index (χ3v) is 7.17. The summed E-state index contributed by atoms with van der Waals surface area (Å²) in [6.45, 7) is 6.15. The molecule has 3 aliphatic rings. The van der Waals surface area contributed by atoms with E-state index in [1.807, 2.05) is 18.2 Å². The molecule has 0 radical (unpaired) electrons. The van der Waals surface area contributed by atoms with Gasteiger partial charge in [-0.1, -0.05) is 18.7 Å². The second-order valence-electron chi connectivity index (χ2n) is 9.88. The molecule has 0 bridgehead atoms. The second-order valence-corrected chi connectivity index (χ2v) is 9.88. The van der Waals surface area contributed by atoms with Crippen molar-refractivity contribution in [3.05, 3.63) is 95.3 Å². The summed E-state index contributed by atoms with van der Waals surface area (Å²) >= 11 is 0. The molecule has 35 heavy (non-hydrogen) atoms. The number of halogens is 2. The minimum atomic E-state index is -0.723. The topological polar surface area (TPSA) is 37.4 Å². The number of fused-ring (bicyclic) bond motifs is 1. The van der Waals surface area contributed by atoms with Crippen LogP contribution in [0.5, 0.6) is 11.5 Å². The van der Waals surface area contributed by atoms with Crippen LogP contribution in [0.2, 0.25) is 0 Å². The van der Waals surface area contributed by atoms with Crippen molar-refractivity contribution in [3.8, 4) is 11.5 Å². The number of nitrogens with zero attached hydrogens (tertiary/aromatic N) is 2. The van der Waals surface area contributed by atoms with Crippen molar-refractivity contribution in [1.82, 2.24) is 15.2 Å². The van der Waals surface area contributed by atoms with E-state index in [0.717, 1.165) is 48.2 Å². The Hall–Kier alpha value is -3.25. The number of rotatable bonds is 8. The first-order valence-electron chi connectivity index (χ1n) is 12.5. The van der Waals surface area contributed by atoms with Crippen molar-refractivity contribution in [2.24, 2.45) is 5.92 Å². The van der Waals surface area contributed by atoms with Gasteiger partial charge >= 0.3 is 0 Å². The van der Waals surface area contributed by atoms with Crippen LogP contribution < -0.4 is 10.1 Å². The molecule has 1 atom stereocenters. The fraction of sp³-hybridized carbons (Fsp3) is 0.345. The van der Waals surface area contributed by atoms with E-state index in [4.69, 9.17) is 9.72 Å². The maximum atomic E-state index is 14.1. The number of hydrogen-bond donors (Lipinski definition) is 1. The van der Waals surface area contributed by atoms with Gasteiger partial charge in [0.05, 0.1) is 17.4 Å². The highest BCUT2D eigenvalue weighted by molar-refractivity contribution is 5.69. The first-order chi connectivity index (χ1) is 17.0. The monoisotopic (exact) mass is 473 g/mol. The summed E-state index contributed by atoms with van der Waals surface area (Å²) in [5.41, 5.74) is 5.33. The number of nitrogens with one attached hydrogen (secondary N) is 1. The van der Waals surface area contributed by atoms with Crippen molar-refractivity contribution in [2.75, 3.05) is 6.54 Å². The third-order valence-electron chi connectivity index (χ3n) is 7.17. The summed E-state index contributed by atoms with van der Waals surface area (Å²) in [7, 11) is 0. The quantitative estimate of drug-likeness (QED) is 0.412. The van der Waals surface area contributed by atoms with Gasteiger partial charge in [0.2, 0.25) is 0 Å². The first kappa shape index (κ1) is 22.2. The normalized spacial score (nSPS) is 18.3. The molecule has 1 N–H and O–H groups in total. The van der Waals surface area contributed by atoms with Gasteiger partial charge in [0.15, 0.2) is 11.6 Å². The molecule has 1 aliphatic heterocycles. The number of hydrogen-bond acceptors (Lipinski definition) is 4. The average molecular weight is 474 g/mol. The highest BCUT2D eigenvalue weighted by Crippen LogP contribution is 2.48. The molecule has 2 aromatic carbocycles. The fourth-order valence-corrected chi connectivity index (χ4v) is 4.99. The zero-order chi connectivity index (χ0) is 23.9. The number of aromatic nitrogens is 1. The van der Waals surface area contributed by atoms with E-state index in [1.54, 1.807) is 0 Å². The van der Waals surface area contributed by atoms with E-state index in [1.165, 1.54) is 43.4 Å². The van der Waals surface area contributed by atoms with Gasteiger partial charge in [-0.2, -0.15) is 0 Å². The molecule has 2 aliphatic carbocycles. The summed E-state index contributed by atoms with van der Waals surface area (Å²) in [6, 6.07) is 16.3. The van der Waals surface area contributed by atoms with Gasteiger partial charge in [-0.25, -0.2) is 8.78 Å². The molecule has 6 heteroatoms. The number of benzene rings is 2. The molecule has 0 saturated heterocycles. The Morgan fingerprint density at radius 3 is 2.69 bits per heavy atom. The Kier molecular flexibility index (Phi) is 5.77. The maximum Gasteiger partial charge on any atom is 0.168 e. The lowest BCUT2D eigenvalue weighted by Crippen LogP contribution is -2.34. The third kappa shape index (κ3) is 4.80. The molecule has 3 aromatic rings. The Morgan fingerprint density at radius 2 is 1.91 bits per heavy atom. The largest absolute Gasteiger partial charge is 0.454 e. The van der Waals surface area contributed by atoms with E-state index in [-0.39, 0.29) is 11.8 Å². The van der Waals surface area contributed by atoms with Crippen LogP contribution in [0.15, 0.2) is 61.2 Å². The minimum absolute atomic E-state index is 0.00121. The highest BCUT2D eigenvalue weighted by atomic mass is 19.1. The molecular formula is C29H29F2N3O. The Balaban J connectivity index is 1.25. The molecule has 0 amide bonds. The van der Waals surface area contributed by atoms with Crippen LogP contribution >= 0.6 is 0 Å². The maximum absolute atomic E-state index is 14.1. The summed E-state index contributed by atoms with van der Waals surface area (Å²) < 4.78 is 33.2. The molecule has 2 fully saturated rings. The second kappa shape index (κ2) is 9.08. The van der Waals surface area contributed by atoms with Crippen LogP contribution in [0.25, 0.3) is 5.70 Å². The van der Waals surface area contributed by atoms with E-state index >= 15 is 0 Å². The van der Waals surface area contributed by atoms with Crippen molar-refractivity contribution in [1.29, 1.82) is 0 Å². The zero-order valence-electron chi connectivity index (χ0n) is 19.6. The molecule has 180 valence electrons. The van der Waals surface area contributed by atoms with E-state index in [9.17, 15) is 8.78 Å². The van der Waals surface area contributed by atoms with Gasteiger partial charge in [0.1, 0.15) is 11.6 Å². The standard InChI is InChI=1S/C29H29F2N3O/c1-18-25-16-24(35-28-12-8-21(30)15-26(28)31)11-7-19(25)13-14-34(18)29(20-5-6-20)27-4-2-3-23(33-27)17-32-22-9-10-22/h2-4,7-8,11-12,15-16,20,22,29,32H,1,5-6,9-10,13-14,17H2/t29-/m1/s1. The first-order valence-corrected chi connectivity index (χ1v) is 12.5. The van der Waals surface area contributed by atoms with Gasteiger partial charge < -0.3 is 15.0 Å². The predicted molar refractivity (Wildman–Crippen MR) is 132 cm³/mol. The average Bonchev–Trinajstić information content (AvgIpc) is 3.77. The van der Waals surface area contributed by atoms with Crippen molar-refractivity contribution in [3.63, 3.8) is 0 Å². The fourth-order valence-electron chi connectivity index (χ4n) is 4.99. The van der Waals surface area contributed by atoms with E-state index < -0.39 is 11.6 Å². The number of pyridine rings is 1. The molecule has 2 heterocycles. The van der Waals surface area contributed by atoms with Crippen LogP contribution in [-0.4, -0.2) is 22.5 Å². The van der Waals surface area contributed by atoms with Crippen molar-refractivity contribution >= 4 is 5.70 Å². The van der Waals surface area contributed by atoms with Crippen LogP contribution in [-0.2, 0) is 13.0 Å². The minimum Gasteiger partial charge on any atom is -0.454 e. The van der Waals surface area contributed by atoms with Crippen molar-refractivity contribution < 1.29 is 13.5 Å². The van der Waals surface area contributed by atoms with Crippen LogP contribution in [0.3, 0.4) is 0 Å². The van der Waals surface area contributed by atoms with E-state index in [0.29, 0.717) is 17.7 Å². The lowest BCUT2D eigenvalue weighted by atomic mass is 9.93. The summed E-state index contributed by atoms with van der Waals surface area (Å²) in [6.07, 6.45) is 5.81. The number of ether oxygens (including phenoxy) is 1. The van der Waals surface area contributed by atoms with Gasteiger partial charge in [-0.3, -0.25) is 4.98 Å². The van der Waals surface area contributed by atoms with Crippen LogP contribution in [0.1, 0.15) is 54.2 Å². The van der Waals surface area contributed by atoms with Crippen molar-refractivity contribution in [2.45, 2.75) is 50.7 Å². The summed E-state index contributed by atoms with van der Waals surface area (Å²) in [5.74, 6) is -0.275. The van der Waals surface area contributed by atoms with Gasteiger partial charge in [0.25, 0.3) is 0 Å². The Morgan fingerprint density at radius 1 is 1.06 bits per heavy atom. The predicted octanol–water partition coefficient (Wildman–Crippen LogP) is 6.38. The Labute approximate surface area is 204 Å². The molecule has 1 aromatic heterocycles. The SMILES string of the molecule is C=C1c2cc(Oc3ccc(F)cc3F)ccc2CCN1[C@@H](c1cccc(CNC2CC2)n1)C1CC1. The van der Waals surface area contributed by atoms with Gasteiger partial charge in [-0.15, -0.1) is 0 Å². The summed E-state index contributed by atoms with van der Waals surface area (Å²) in [5, 5.41) is 3.56. The lowest BCUT2D eigenvalue weighted by molar-refractivity contribution is 0.260. The van der Waals surface area contributed by atoms with Crippen LogP contribution in [0.4, 0.5) is 8.78 Å². The van der Waals surface area contributed by atoms with Gasteiger partial charge in [0, 0.05) is 36.5 Å². The van der Waals surface area contributed by atoms with Gasteiger partial charge in [-0.05, 0) is 80.0 Å². The Bertz CT molecular complexity index is 1270. The summed E-state index contributed by atoms with van der Waals surface area (Å²) in [4.78, 5) is 7.44. The van der Waals surface area contributed by atoms with E-state index in [2.05, 4.69) is 35.0 Å². The molecular weight excluding hydrogens is 444 g/mol. The molecule has 2 saturated carbocycles. The zero-order valence-corrected chi connectivity index (χ0v) is 19.6. The highest BCUT2D eigenvalue weighted by Gasteiger charge is 2.39. The smallest absolute Gasteiger partial charge is 0.168 e. The lowest BCUT2D eigenvalue weighted by Gasteiger charge is -2.39. The molecule has 4 nitrogen and oxygen atoms in total.